The number of hydrogen-bond donors (Lipinski definition) is 4. The van der Waals surface area contributed by atoms with E-state index in [2.05, 4.69) is 11.5 Å². The third kappa shape index (κ3) is 3090. The number of rotatable bonds is 2. The topological polar surface area (TPSA) is 1270 Å². The van der Waals surface area contributed by atoms with Crippen molar-refractivity contribution < 1.29 is 494 Å². The Kier molecular flexibility index (Phi) is 42400. The summed E-state index contributed by atoms with van der Waals surface area (Å²) in [6.45, 7) is -0.556. The van der Waals surface area contributed by atoms with Crippen LogP contribution in [0.2, 0.25) is 0 Å². The van der Waals surface area contributed by atoms with Gasteiger partial charge in [-0.15, -0.1) is 0 Å². The van der Waals surface area contributed by atoms with Crippen LogP contribution >= 0.6 is 0 Å². The van der Waals surface area contributed by atoms with Crippen molar-refractivity contribution in [3.8, 4) is 0 Å². The summed E-state index contributed by atoms with van der Waals surface area (Å²) in [5, 5.41) is 15.2. The van der Waals surface area contributed by atoms with Crippen LogP contribution in [0.4, 0.5) is 0 Å². The van der Waals surface area contributed by atoms with E-state index in [1.54, 1.807) is 0 Å². The van der Waals surface area contributed by atoms with Crippen molar-refractivity contribution in [2.45, 2.75) is 0 Å². The predicted octanol–water partition coefficient (Wildman–Crippen LogP) is -6.88. The first-order valence-electron chi connectivity index (χ1n) is 2.38. The first-order valence-corrected chi connectivity index (χ1v) is 2.38. The van der Waals surface area contributed by atoms with Crippen LogP contribution < -0.4 is 11.5 Å². The van der Waals surface area contributed by atoms with Gasteiger partial charge in [0, 0.05) is 253 Å². The van der Waals surface area contributed by atoms with Gasteiger partial charge in [0.05, 0.1) is 13.1 Å². The molecular weight excluding hydrogens is 3010 g/mol. The maximum absolute atomic E-state index is 9.24. The Bertz CT molecular complexity index is 181. The Morgan fingerprint density at radius 1 is 0.222 bits per heavy atom. The van der Waals surface area contributed by atoms with Crippen LogP contribution in [0.15, 0.2) is 0 Å². The van der Waals surface area contributed by atoms with Gasteiger partial charge in [-0.25, -0.2) is 0 Å². The Morgan fingerprint density at radius 3 is 0.238 bits per heavy atom. The van der Waals surface area contributed by atoms with Gasteiger partial charge in [-0.2, -0.15) is 0 Å². The number of carbonyl (C=O) groups is 2. The second kappa shape index (κ2) is 1600. The average Bonchev–Trinajstić information content (AvgIpc) is 1.89. The minimum absolute atomic E-state index is 0. The van der Waals surface area contributed by atoms with E-state index in [1.165, 1.54) is 0 Å². The second-order valence-electron chi connectivity index (χ2n) is 1.20. The zero-order chi connectivity index (χ0) is 8.57. The molecule has 0 spiro atoms. The van der Waals surface area contributed by atoms with Crippen molar-refractivity contribution in [1.29, 1.82) is 0 Å². The summed E-state index contributed by atoms with van der Waals surface area (Å²) in [7, 11) is 0. The molecule has 0 aliphatic carbocycles. The molecule has 0 heterocycles. The summed E-state index contributed by atoms with van der Waals surface area (Å²) < 4.78 is 0. The third-order valence-electron chi connectivity index (χ3n) is 0.349. The van der Waals surface area contributed by atoms with Gasteiger partial charge < -0.3 is 241 Å². The molecule has 0 unspecified atom stereocenters. The molecule has 0 aliphatic rings. The third-order valence-corrected chi connectivity index (χ3v) is 0.349. The molecule has 0 radical (unpaired) electrons. The summed E-state index contributed by atoms with van der Waals surface area (Å²) in [5.41, 5.74) is 9.14. The Labute approximate surface area is 535 Å². The van der Waals surface area contributed by atoms with E-state index in [-0.39, 0.29) is 499 Å². The minimum atomic E-state index is -0.968. The Balaban J connectivity index is -0.000000000194. The van der Waals surface area contributed by atoms with Crippen LogP contribution in [0.25, 0.3) is 0 Å². The molecule has 0 atom stereocenters. The zero-order valence-electron chi connectivity index (χ0n) is 29.0. The van der Waals surface area contributed by atoms with Gasteiger partial charge >= 0.3 is 25.8 Å². The van der Waals surface area contributed by atoms with E-state index in [9.17, 15) is 9.59 Å². The van der Waals surface area contributed by atoms with Crippen LogP contribution in [0, 0.1) is 0 Å². The van der Waals surface area contributed by atoms with Gasteiger partial charge in [0.2, 0.25) is 0 Å². The Morgan fingerprint density at radius 2 is 0.238 bits per heavy atom. The minimum Gasteiger partial charge on any atom is -2.00 e. The Hall–Kier alpha value is 5.74. The van der Waals surface area contributed by atoms with Gasteiger partial charge in [0.15, 0.2) is 0 Å². The maximum Gasteiger partial charge on any atom is 4.00 e. The van der Waals surface area contributed by atoms with Crippen LogP contribution in [0.1, 0.15) is 2.85 Å². The SMILES string of the molecule is NCC(=O)O.NCC(=O)O.[H+].[H+].[O-2].[O-2].[O-2].[O-2].[O-2].[O-2].[O-2].[O-2].[O-2].[O-2].[O-2].[O-2].[O-2].[O-2].[O-2].[O-2].[O-2].[O-2].[O-2].[O-2].[O-2].[O-2].[O-2].[O-2].[O-2].[O-2].[O-2].[O-2].[O-2].[O-2].[O-2].[O-2].[O-2].[O-2].[O-2].[O-2].[O-2].[O-2].[O-2].[O-2].[Si+4].[W].[W].[W].[W].[W].[W].[W].[W].[W].[W].[W].[W]. The van der Waals surface area contributed by atoms with Crippen LogP contribution in [0.5, 0.6) is 0 Å². The van der Waals surface area contributed by atoms with E-state index in [0.29, 0.717) is 0 Å². The molecule has 6 N–H and O–H groups in total. The summed E-state index contributed by atoms with van der Waals surface area (Å²) in [4.78, 5) is 18.5. The van der Waals surface area contributed by atoms with Crippen molar-refractivity contribution in [2.75, 3.05) is 13.1 Å². The monoisotopic (exact) mass is 3030 g/mol. The molecule has 0 amide bonds. The molecular formula is C4H12N2O44SiW12-74. The van der Waals surface area contributed by atoms with Crippen LogP contribution in [0.3, 0.4) is 0 Å². The number of hydrogen-bond acceptors (Lipinski definition) is 4. The van der Waals surface area contributed by atoms with Gasteiger partial charge in [-0.05, 0) is 0 Å². The fraction of sp³-hybridized carbons (Fsp3) is 0.500. The molecule has 0 aromatic heterocycles. The van der Waals surface area contributed by atoms with Gasteiger partial charge in [-0.3, -0.25) is 9.59 Å². The first kappa shape index (κ1) is 1670. The molecule has 63 heavy (non-hydrogen) atoms. The smallest absolute Gasteiger partial charge is 2.00 e. The zero-order valence-corrected chi connectivity index (χ0v) is 63.2. The number of carboxylic acids is 2. The van der Waals surface area contributed by atoms with Gasteiger partial charge in [-0.1, -0.05) is 0 Å². The molecule has 46 nitrogen and oxygen atoms in total. The van der Waals surface area contributed by atoms with E-state index in [1.807, 2.05) is 0 Å². The second-order valence-corrected chi connectivity index (χ2v) is 1.20. The largest absolute Gasteiger partial charge is 4.00 e. The summed E-state index contributed by atoms with van der Waals surface area (Å²) in [6.07, 6.45) is 0. The van der Waals surface area contributed by atoms with Crippen LogP contribution in [-0.4, -0.2) is 46.2 Å². The maximum atomic E-state index is 9.24. The van der Waals surface area contributed by atoms with Crippen molar-refractivity contribution >= 4 is 22.9 Å². The number of nitrogens with two attached hydrogens (primary N) is 2. The fourth-order valence-corrected chi connectivity index (χ4v) is 0. The molecule has 452 valence electrons. The summed E-state index contributed by atoms with van der Waals surface area (Å²) in [6, 6.07) is 0. The molecule has 0 aromatic rings. The quantitative estimate of drug-likeness (QED) is 0.195. The van der Waals surface area contributed by atoms with E-state index in [4.69, 9.17) is 10.2 Å². The number of aliphatic carboxylic acids is 2. The molecule has 0 rings (SSSR count). The molecule has 0 saturated carbocycles. The van der Waals surface area contributed by atoms with Crippen LogP contribution in [-0.2, 0) is 481 Å². The first-order chi connectivity index (χ1) is 4.54. The molecule has 0 aromatic carbocycles. The molecule has 59 heteroatoms. The van der Waals surface area contributed by atoms with Gasteiger partial charge in [0.1, 0.15) is 0 Å². The summed E-state index contributed by atoms with van der Waals surface area (Å²) in [5.74, 6) is -1.94. The van der Waals surface area contributed by atoms with Crippen molar-refractivity contribution in [2.24, 2.45) is 11.5 Å². The number of carboxylic acid groups (broad SMARTS) is 2. The standard InChI is InChI=1S/2C2H5NO2.40O.Si.12W/c2*3-1-2(4)5;;;;;;;;;;;;;;;;;;;;;;;;;;;;;;;;;;;;;;;;;;;;;;;;;;;;;/h2*1,3H2,(H,4,5);;;;;;;;;;;;;;;;;;;;;;;;;;;;;;;;;;;;;;;;;;;;;;;;;;;;;/q;;40*-2;+4;;;;;;;;;;;;/p+2. The molecule has 0 saturated heterocycles. The van der Waals surface area contributed by atoms with Crippen molar-refractivity contribution in [3.63, 3.8) is 0 Å². The van der Waals surface area contributed by atoms with Crippen molar-refractivity contribution in [1.82, 2.24) is 0 Å². The predicted molar refractivity (Wildman–Crippen MR) is 68.8 cm³/mol. The fourth-order valence-electron chi connectivity index (χ4n) is 0. The summed E-state index contributed by atoms with van der Waals surface area (Å²) >= 11 is 0. The van der Waals surface area contributed by atoms with E-state index < -0.39 is 11.9 Å². The molecule has 0 aliphatic heterocycles. The van der Waals surface area contributed by atoms with E-state index in [0.717, 1.165) is 0 Å². The average molecular weight is 3030 g/mol. The normalized spacial score (nSPS) is 1.17. The molecule has 0 fully saturated rings. The van der Waals surface area contributed by atoms with E-state index >= 15 is 0 Å². The van der Waals surface area contributed by atoms with Crippen molar-refractivity contribution in [3.05, 3.63) is 0 Å². The van der Waals surface area contributed by atoms with Gasteiger partial charge in [0.25, 0.3) is 0 Å². The molecule has 0 bridgehead atoms.